The molecule has 1 aliphatic rings. The Hall–Kier alpha value is -1.53. The second kappa shape index (κ2) is 7.84. The van der Waals surface area contributed by atoms with Crippen LogP contribution in [-0.2, 0) is 12.3 Å². The number of thioether (sulfide) groups is 1. The number of hydrogen-bond donors (Lipinski definition) is 1. The van der Waals surface area contributed by atoms with E-state index in [1.165, 1.54) is 5.56 Å². The molecule has 1 saturated heterocycles. The second-order valence-electron chi connectivity index (χ2n) is 5.59. The predicted octanol–water partition coefficient (Wildman–Crippen LogP) is 4.05. The van der Waals surface area contributed by atoms with Crippen LogP contribution in [0, 0.1) is 0 Å². The molecule has 1 N–H and O–H groups in total. The summed E-state index contributed by atoms with van der Waals surface area (Å²) in [4.78, 5) is 19.0. The van der Waals surface area contributed by atoms with Crippen LogP contribution in [0.2, 0.25) is 0 Å². The number of carbonyl (C=O) groups is 1. The largest absolute Gasteiger partial charge is 0.332 e. The number of nitrogens with zero attached hydrogens (tertiary/aromatic N) is 2. The van der Waals surface area contributed by atoms with Crippen LogP contribution in [0.5, 0.6) is 0 Å². The average Bonchev–Trinajstić information content (AvgIpc) is 3.23. The Morgan fingerprint density at radius 3 is 3.04 bits per heavy atom. The fraction of sp³-hybridized carbons (Fsp3) is 0.412. The van der Waals surface area contributed by atoms with Gasteiger partial charge in [-0.3, -0.25) is 0 Å². The molecule has 2 amide bonds. The van der Waals surface area contributed by atoms with Crippen LogP contribution >= 0.6 is 23.1 Å². The maximum atomic E-state index is 12.5. The predicted molar refractivity (Wildman–Crippen MR) is 96.7 cm³/mol. The fourth-order valence-electron chi connectivity index (χ4n) is 2.92. The maximum Gasteiger partial charge on any atom is 0.318 e. The summed E-state index contributed by atoms with van der Waals surface area (Å²) in [6.07, 6.45) is 4.16. The number of aromatic nitrogens is 1. The summed E-state index contributed by atoms with van der Waals surface area (Å²) in [5.74, 6) is 0.931. The van der Waals surface area contributed by atoms with E-state index in [2.05, 4.69) is 28.7 Å². The highest BCUT2D eigenvalue weighted by Crippen LogP contribution is 2.31. The number of rotatable bonds is 5. The number of hydrogen-bond acceptors (Lipinski definition) is 4. The zero-order valence-corrected chi connectivity index (χ0v) is 14.8. The normalized spacial score (nSPS) is 17.4. The SMILES string of the molecule is CSCc1nc(CNC(=O)N2CCCC2c2ccccc2)cs1. The van der Waals surface area contributed by atoms with Crippen LogP contribution in [0.4, 0.5) is 4.79 Å². The molecule has 1 aliphatic heterocycles. The topological polar surface area (TPSA) is 45.2 Å². The number of amides is 2. The van der Waals surface area contributed by atoms with E-state index in [0.717, 1.165) is 35.8 Å². The van der Waals surface area contributed by atoms with Gasteiger partial charge in [-0.15, -0.1) is 11.3 Å². The monoisotopic (exact) mass is 347 g/mol. The summed E-state index contributed by atoms with van der Waals surface area (Å²) in [6, 6.07) is 10.5. The highest BCUT2D eigenvalue weighted by Gasteiger charge is 2.29. The molecule has 1 atom stereocenters. The van der Waals surface area contributed by atoms with Gasteiger partial charge in [-0.2, -0.15) is 11.8 Å². The van der Waals surface area contributed by atoms with Crippen molar-refractivity contribution in [1.29, 1.82) is 0 Å². The molecular weight excluding hydrogens is 326 g/mol. The first-order valence-corrected chi connectivity index (χ1v) is 10.1. The lowest BCUT2D eigenvalue weighted by Crippen LogP contribution is -2.39. The van der Waals surface area contributed by atoms with Gasteiger partial charge in [0.1, 0.15) is 5.01 Å². The van der Waals surface area contributed by atoms with E-state index in [1.54, 1.807) is 23.1 Å². The van der Waals surface area contributed by atoms with Gasteiger partial charge in [-0.25, -0.2) is 9.78 Å². The Kier molecular flexibility index (Phi) is 5.56. The number of likely N-dealkylation sites (tertiary alicyclic amines) is 1. The summed E-state index contributed by atoms with van der Waals surface area (Å²) < 4.78 is 0. The van der Waals surface area contributed by atoms with Crippen LogP contribution in [0.15, 0.2) is 35.7 Å². The average molecular weight is 348 g/mol. The minimum Gasteiger partial charge on any atom is -0.332 e. The highest BCUT2D eigenvalue weighted by atomic mass is 32.2. The van der Waals surface area contributed by atoms with Crippen LogP contribution in [0.3, 0.4) is 0 Å². The van der Waals surface area contributed by atoms with E-state index < -0.39 is 0 Å². The molecule has 0 aliphatic carbocycles. The quantitative estimate of drug-likeness (QED) is 0.887. The molecule has 3 rings (SSSR count). The third-order valence-electron chi connectivity index (χ3n) is 3.99. The fourth-order valence-corrected chi connectivity index (χ4v) is 4.43. The van der Waals surface area contributed by atoms with Crippen molar-refractivity contribution in [2.75, 3.05) is 12.8 Å². The summed E-state index contributed by atoms with van der Waals surface area (Å²) in [5.41, 5.74) is 2.17. The third-order valence-corrected chi connectivity index (χ3v) is 5.63. The van der Waals surface area contributed by atoms with Gasteiger partial charge in [0.25, 0.3) is 0 Å². The van der Waals surface area contributed by atoms with Crippen molar-refractivity contribution in [2.24, 2.45) is 0 Å². The number of urea groups is 1. The first-order chi connectivity index (χ1) is 11.3. The minimum atomic E-state index is 0.00997. The number of thiazole rings is 1. The first-order valence-electron chi connectivity index (χ1n) is 7.79. The molecule has 1 aromatic heterocycles. The van der Waals surface area contributed by atoms with Crippen molar-refractivity contribution in [3.05, 3.63) is 52.0 Å². The molecule has 122 valence electrons. The summed E-state index contributed by atoms with van der Waals surface area (Å²) in [5, 5.41) is 6.17. The standard InChI is InChI=1S/C17H21N3OS2/c1-22-12-16-19-14(11-23-16)10-18-17(21)20-9-5-8-15(20)13-6-3-2-4-7-13/h2-4,6-7,11,15H,5,8-10,12H2,1H3,(H,18,21). The van der Waals surface area contributed by atoms with Gasteiger partial charge in [0, 0.05) is 17.7 Å². The zero-order chi connectivity index (χ0) is 16.1. The number of benzene rings is 1. The van der Waals surface area contributed by atoms with Gasteiger partial charge in [-0.05, 0) is 24.7 Å². The van der Waals surface area contributed by atoms with Crippen molar-refractivity contribution < 1.29 is 4.79 Å². The van der Waals surface area contributed by atoms with Crippen LogP contribution in [-0.4, -0.2) is 28.7 Å². The molecule has 0 spiro atoms. The summed E-state index contributed by atoms with van der Waals surface area (Å²) in [6.45, 7) is 1.32. The van der Waals surface area contributed by atoms with Crippen LogP contribution in [0.25, 0.3) is 0 Å². The van der Waals surface area contributed by atoms with Crippen molar-refractivity contribution in [2.45, 2.75) is 31.2 Å². The van der Waals surface area contributed by atoms with E-state index >= 15 is 0 Å². The highest BCUT2D eigenvalue weighted by molar-refractivity contribution is 7.97. The molecular formula is C17H21N3OS2. The van der Waals surface area contributed by atoms with Gasteiger partial charge in [0.15, 0.2) is 0 Å². The Bertz CT molecular complexity index is 644. The van der Waals surface area contributed by atoms with E-state index in [4.69, 9.17) is 0 Å². The Morgan fingerprint density at radius 2 is 2.26 bits per heavy atom. The van der Waals surface area contributed by atoms with Gasteiger partial charge >= 0.3 is 6.03 Å². The molecule has 2 heterocycles. The number of nitrogens with one attached hydrogen (secondary N) is 1. The number of carbonyl (C=O) groups excluding carboxylic acids is 1. The van der Waals surface area contributed by atoms with Crippen molar-refractivity contribution in [1.82, 2.24) is 15.2 Å². The Balaban J connectivity index is 1.58. The van der Waals surface area contributed by atoms with Crippen molar-refractivity contribution in [3.63, 3.8) is 0 Å². The van der Waals surface area contributed by atoms with E-state index in [-0.39, 0.29) is 12.1 Å². The van der Waals surface area contributed by atoms with E-state index in [1.807, 2.05) is 28.5 Å². The molecule has 1 aromatic carbocycles. The molecule has 6 heteroatoms. The lowest BCUT2D eigenvalue weighted by Gasteiger charge is -2.25. The van der Waals surface area contributed by atoms with Gasteiger partial charge < -0.3 is 10.2 Å². The van der Waals surface area contributed by atoms with Crippen LogP contribution < -0.4 is 5.32 Å². The Labute approximate surface area is 145 Å². The van der Waals surface area contributed by atoms with E-state index in [0.29, 0.717) is 6.54 Å². The van der Waals surface area contributed by atoms with Crippen molar-refractivity contribution >= 4 is 29.1 Å². The first kappa shape index (κ1) is 16.3. The molecule has 0 radical (unpaired) electrons. The molecule has 1 fully saturated rings. The summed E-state index contributed by atoms with van der Waals surface area (Å²) in [7, 11) is 0. The Morgan fingerprint density at radius 1 is 1.43 bits per heavy atom. The molecule has 4 nitrogen and oxygen atoms in total. The molecule has 0 bridgehead atoms. The minimum absolute atomic E-state index is 0.00997. The molecule has 0 saturated carbocycles. The lowest BCUT2D eigenvalue weighted by molar-refractivity contribution is 0.192. The smallest absolute Gasteiger partial charge is 0.318 e. The van der Waals surface area contributed by atoms with Crippen LogP contribution in [0.1, 0.15) is 35.1 Å². The van der Waals surface area contributed by atoms with Crippen molar-refractivity contribution in [3.8, 4) is 0 Å². The second-order valence-corrected chi connectivity index (χ2v) is 7.40. The van der Waals surface area contributed by atoms with Gasteiger partial charge in [0.05, 0.1) is 18.3 Å². The zero-order valence-electron chi connectivity index (χ0n) is 13.2. The van der Waals surface area contributed by atoms with Gasteiger partial charge in [0.2, 0.25) is 0 Å². The van der Waals surface area contributed by atoms with Gasteiger partial charge in [-0.1, -0.05) is 30.3 Å². The molecule has 1 unspecified atom stereocenters. The molecule has 2 aromatic rings. The molecule has 23 heavy (non-hydrogen) atoms. The van der Waals surface area contributed by atoms with E-state index in [9.17, 15) is 4.79 Å². The maximum absolute atomic E-state index is 12.5. The lowest BCUT2D eigenvalue weighted by atomic mass is 10.1. The third kappa shape index (κ3) is 4.06. The summed E-state index contributed by atoms with van der Waals surface area (Å²) >= 11 is 3.42.